The van der Waals surface area contributed by atoms with E-state index in [0.717, 1.165) is 56.2 Å². The number of aromatic amines is 1. The summed E-state index contributed by atoms with van der Waals surface area (Å²) in [7, 11) is 2.19. The van der Waals surface area contributed by atoms with Crippen molar-refractivity contribution in [1.82, 2.24) is 29.2 Å². The normalized spacial score (nSPS) is 19.5. The molecule has 3 N–H and O–H groups in total. The van der Waals surface area contributed by atoms with Crippen LogP contribution in [0.15, 0.2) is 62.4 Å². The number of amides is 3. The van der Waals surface area contributed by atoms with Crippen molar-refractivity contribution in [2.45, 2.75) is 50.7 Å². The second-order valence-corrected chi connectivity index (χ2v) is 14.7. The molecule has 0 unspecified atom stereocenters. The lowest BCUT2D eigenvalue weighted by molar-refractivity contribution is -0.133. The third-order valence-electron chi connectivity index (χ3n) is 9.83. The molecule has 4 heterocycles. The van der Waals surface area contributed by atoms with Crippen LogP contribution in [-0.4, -0.2) is 113 Å². The van der Waals surface area contributed by atoms with Gasteiger partial charge in [0.2, 0.25) is 5.91 Å². The van der Waals surface area contributed by atoms with Crippen molar-refractivity contribution in [3.63, 3.8) is 0 Å². The number of nitrogens with one attached hydrogen (secondary N) is 3. The summed E-state index contributed by atoms with van der Waals surface area (Å²) in [6.07, 6.45) is 5.66. The molecule has 13 heteroatoms. The minimum Gasteiger partial charge on any atom is -0.374 e. The standard InChI is InChI=1S/C34H44Br2N8O3/c1-23(32(45)42-18-16-41(17-19-42)26-8-12-40(2)13-9-26)37-25-20-28(35)31(29(36)21-25)39-33(46)43-14-10-27(11-15-43)44-22-30(38-34(44)47)24-6-4-3-5-7-24/h3-7,20-23,26-27,37H,8-19H2,1-2H3,(H,38,47)(H,39,46)/t23-/m0/s1. The molecule has 252 valence electrons. The van der Waals surface area contributed by atoms with Crippen LogP contribution >= 0.6 is 31.9 Å². The summed E-state index contributed by atoms with van der Waals surface area (Å²) >= 11 is 7.25. The minimum atomic E-state index is -0.387. The molecule has 0 aliphatic carbocycles. The van der Waals surface area contributed by atoms with E-state index in [1.54, 1.807) is 9.47 Å². The Morgan fingerprint density at radius 2 is 1.47 bits per heavy atom. The lowest BCUT2D eigenvalue weighted by Crippen LogP contribution is -2.55. The molecule has 47 heavy (non-hydrogen) atoms. The third-order valence-corrected chi connectivity index (χ3v) is 11.1. The molecule has 3 aliphatic rings. The van der Waals surface area contributed by atoms with E-state index in [1.165, 1.54) is 12.8 Å². The second kappa shape index (κ2) is 15.0. The summed E-state index contributed by atoms with van der Waals surface area (Å²) in [6.45, 7) is 8.62. The van der Waals surface area contributed by atoms with E-state index in [1.807, 2.05) is 60.5 Å². The van der Waals surface area contributed by atoms with E-state index in [9.17, 15) is 14.4 Å². The van der Waals surface area contributed by atoms with Crippen molar-refractivity contribution in [3.8, 4) is 11.3 Å². The number of benzene rings is 2. The number of nitrogens with zero attached hydrogens (tertiary/aromatic N) is 5. The number of halogens is 2. The fourth-order valence-electron chi connectivity index (χ4n) is 7.01. The molecule has 1 atom stereocenters. The van der Waals surface area contributed by atoms with Crippen LogP contribution in [0.2, 0.25) is 0 Å². The maximum absolute atomic E-state index is 13.3. The Labute approximate surface area is 292 Å². The first-order valence-corrected chi connectivity index (χ1v) is 18.1. The van der Waals surface area contributed by atoms with Crippen molar-refractivity contribution >= 4 is 55.2 Å². The first-order chi connectivity index (χ1) is 22.7. The van der Waals surface area contributed by atoms with Gasteiger partial charge in [-0.05, 0) is 102 Å². The fourth-order valence-corrected chi connectivity index (χ4v) is 8.39. The number of piperidine rings is 2. The molecule has 6 rings (SSSR count). The summed E-state index contributed by atoms with van der Waals surface area (Å²) in [5.41, 5.74) is 3.04. The summed E-state index contributed by atoms with van der Waals surface area (Å²) < 4.78 is 3.17. The molecule has 3 amide bonds. The van der Waals surface area contributed by atoms with Crippen molar-refractivity contribution in [2.75, 3.05) is 70.0 Å². The maximum Gasteiger partial charge on any atom is 0.326 e. The smallest absolute Gasteiger partial charge is 0.326 e. The molecule has 0 spiro atoms. The maximum atomic E-state index is 13.3. The predicted molar refractivity (Wildman–Crippen MR) is 193 cm³/mol. The Hall–Kier alpha value is -3.13. The van der Waals surface area contributed by atoms with E-state index in [-0.39, 0.29) is 29.7 Å². The quantitative estimate of drug-likeness (QED) is 0.302. The molecule has 2 aromatic carbocycles. The molecule has 0 saturated carbocycles. The average molecular weight is 773 g/mol. The molecule has 3 fully saturated rings. The summed E-state index contributed by atoms with van der Waals surface area (Å²) in [6, 6.07) is 13.6. The van der Waals surface area contributed by atoms with Crippen LogP contribution in [0.4, 0.5) is 16.2 Å². The third kappa shape index (κ3) is 7.96. The number of urea groups is 1. The monoisotopic (exact) mass is 770 g/mol. The highest BCUT2D eigenvalue weighted by molar-refractivity contribution is 9.11. The number of anilines is 2. The van der Waals surface area contributed by atoms with Crippen LogP contribution in [0, 0.1) is 0 Å². The van der Waals surface area contributed by atoms with E-state index >= 15 is 0 Å². The highest BCUT2D eigenvalue weighted by Crippen LogP contribution is 2.35. The number of piperazine rings is 1. The van der Waals surface area contributed by atoms with Crippen molar-refractivity contribution < 1.29 is 9.59 Å². The summed E-state index contributed by atoms with van der Waals surface area (Å²) in [4.78, 5) is 51.0. The Kier molecular flexibility index (Phi) is 10.7. The lowest BCUT2D eigenvalue weighted by Gasteiger charge is -2.42. The highest BCUT2D eigenvalue weighted by Gasteiger charge is 2.30. The van der Waals surface area contributed by atoms with Gasteiger partial charge in [-0.1, -0.05) is 30.3 Å². The number of likely N-dealkylation sites (tertiary alicyclic amines) is 2. The fraction of sp³-hybridized carbons (Fsp3) is 0.500. The van der Waals surface area contributed by atoms with Crippen molar-refractivity contribution in [1.29, 1.82) is 0 Å². The largest absolute Gasteiger partial charge is 0.374 e. The Morgan fingerprint density at radius 3 is 2.11 bits per heavy atom. The number of carbonyl (C=O) groups is 2. The number of hydrogen-bond donors (Lipinski definition) is 3. The molecular weight excluding hydrogens is 728 g/mol. The van der Waals surface area contributed by atoms with Gasteiger partial charge in [0.25, 0.3) is 0 Å². The van der Waals surface area contributed by atoms with E-state index in [2.05, 4.69) is 64.3 Å². The first-order valence-electron chi connectivity index (χ1n) is 16.6. The number of hydrogen-bond acceptors (Lipinski definition) is 6. The SMILES string of the molecule is C[C@H](Nc1cc(Br)c(NC(=O)N2CCC(n3cc(-c4ccccc4)[nH]c3=O)CC2)c(Br)c1)C(=O)N1CCN(C2CCN(C)CC2)CC1. The van der Waals surface area contributed by atoms with E-state index in [0.29, 0.717) is 46.6 Å². The Morgan fingerprint density at radius 1 is 0.851 bits per heavy atom. The van der Waals surface area contributed by atoms with Gasteiger partial charge in [-0.3, -0.25) is 14.3 Å². The molecule has 3 aromatic rings. The number of aromatic nitrogens is 2. The molecule has 11 nitrogen and oxygen atoms in total. The van der Waals surface area contributed by atoms with Gasteiger partial charge in [0, 0.05) is 72.2 Å². The molecule has 0 bridgehead atoms. The zero-order valence-electron chi connectivity index (χ0n) is 27.1. The summed E-state index contributed by atoms with van der Waals surface area (Å²) in [5.74, 6) is 0.0965. The van der Waals surface area contributed by atoms with Gasteiger partial charge in [0.1, 0.15) is 6.04 Å². The summed E-state index contributed by atoms with van der Waals surface area (Å²) in [5, 5.41) is 6.39. The zero-order valence-corrected chi connectivity index (χ0v) is 30.2. The molecule has 0 radical (unpaired) electrons. The van der Waals surface area contributed by atoms with Crippen molar-refractivity contribution in [3.05, 3.63) is 68.1 Å². The van der Waals surface area contributed by atoms with Crippen LogP contribution in [0.3, 0.4) is 0 Å². The molecular formula is C34H44Br2N8O3. The predicted octanol–water partition coefficient (Wildman–Crippen LogP) is 5.28. The highest BCUT2D eigenvalue weighted by atomic mass is 79.9. The Balaban J connectivity index is 0.991. The van der Waals surface area contributed by atoms with Crippen LogP contribution in [0.25, 0.3) is 11.3 Å². The van der Waals surface area contributed by atoms with Gasteiger partial charge < -0.3 is 30.3 Å². The number of imidazole rings is 1. The number of carbonyl (C=O) groups excluding carboxylic acids is 2. The van der Waals surface area contributed by atoms with Gasteiger partial charge in [-0.2, -0.15) is 0 Å². The van der Waals surface area contributed by atoms with Crippen LogP contribution in [0.5, 0.6) is 0 Å². The molecule has 3 saturated heterocycles. The second-order valence-electron chi connectivity index (χ2n) is 13.0. The van der Waals surface area contributed by atoms with Crippen LogP contribution < -0.4 is 16.3 Å². The van der Waals surface area contributed by atoms with Gasteiger partial charge in [0.15, 0.2) is 0 Å². The zero-order chi connectivity index (χ0) is 33.1. The Bertz CT molecular complexity index is 1580. The van der Waals surface area contributed by atoms with E-state index < -0.39 is 0 Å². The van der Waals surface area contributed by atoms with Gasteiger partial charge in [-0.15, -0.1) is 0 Å². The average Bonchev–Trinajstić information content (AvgIpc) is 3.48. The van der Waals surface area contributed by atoms with E-state index in [4.69, 9.17) is 0 Å². The van der Waals surface area contributed by atoms with Crippen LogP contribution in [-0.2, 0) is 4.79 Å². The first kappa shape index (κ1) is 33.8. The topological polar surface area (TPSA) is 109 Å². The number of H-pyrrole nitrogens is 1. The minimum absolute atomic E-state index is 0.0249. The van der Waals surface area contributed by atoms with Crippen molar-refractivity contribution in [2.24, 2.45) is 0 Å². The lowest BCUT2D eigenvalue weighted by atomic mass is 10.0. The molecule has 1 aromatic heterocycles. The molecule has 3 aliphatic heterocycles. The van der Waals surface area contributed by atoms with Gasteiger partial charge >= 0.3 is 11.7 Å². The van der Waals surface area contributed by atoms with Crippen LogP contribution in [0.1, 0.15) is 38.6 Å². The number of rotatable bonds is 7. The van der Waals surface area contributed by atoms with Gasteiger partial charge in [0.05, 0.1) is 11.4 Å². The van der Waals surface area contributed by atoms with Gasteiger partial charge in [-0.25, -0.2) is 9.59 Å².